The first-order valence-electron chi connectivity index (χ1n) is 7.35. The summed E-state index contributed by atoms with van der Waals surface area (Å²) in [4.78, 5) is 23.7. The number of halogens is 1. The minimum atomic E-state index is -0.419. The summed E-state index contributed by atoms with van der Waals surface area (Å²) in [7, 11) is 0. The lowest BCUT2D eigenvalue weighted by Gasteiger charge is -2.09. The molecule has 0 atom stereocenters. The number of nitrogens with one attached hydrogen (secondary N) is 3. The van der Waals surface area contributed by atoms with Crippen molar-refractivity contribution in [2.75, 3.05) is 0 Å². The summed E-state index contributed by atoms with van der Waals surface area (Å²) in [5.74, 6) is -0.773. The second kappa shape index (κ2) is 8.96. The van der Waals surface area contributed by atoms with Crippen LogP contribution in [-0.4, -0.2) is 16.9 Å². The predicted molar refractivity (Wildman–Crippen MR) is 103 cm³/mol. The van der Waals surface area contributed by atoms with Gasteiger partial charge in [-0.3, -0.25) is 25.8 Å². The van der Waals surface area contributed by atoms with Crippen molar-refractivity contribution < 1.29 is 9.59 Å². The molecule has 0 aromatic heterocycles. The third-order valence-corrected chi connectivity index (χ3v) is 3.59. The van der Waals surface area contributed by atoms with Crippen LogP contribution in [0.3, 0.4) is 0 Å². The van der Waals surface area contributed by atoms with Crippen molar-refractivity contribution in [1.82, 2.24) is 16.2 Å². The van der Waals surface area contributed by atoms with Gasteiger partial charge in [-0.25, -0.2) is 0 Å². The van der Waals surface area contributed by atoms with E-state index in [0.29, 0.717) is 10.6 Å². The average Bonchev–Trinajstić information content (AvgIpc) is 2.60. The van der Waals surface area contributed by atoms with E-state index < -0.39 is 5.91 Å². The molecule has 2 aromatic carbocycles. The highest BCUT2D eigenvalue weighted by Gasteiger charge is 2.06. The van der Waals surface area contributed by atoms with E-state index in [0.717, 1.165) is 11.1 Å². The molecular formula is C18H16ClN3O2S. The van der Waals surface area contributed by atoms with Crippen LogP contribution in [0.2, 0.25) is 5.02 Å². The van der Waals surface area contributed by atoms with Crippen LogP contribution in [0.5, 0.6) is 0 Å². The number of aryl methyl sites for hydroxylation is 1. The number of benzene rings is 2. The third-order valence-electron chi connectivity index (χ3n) is 3.14. The molecule has 2 aromatic rings. The van der Waals surface area contributed by atoms with Crippen molar-refractivity contribution in [3.63, 3.8) is 0 Å². The molecule has 5 nitrogen and oxygen atoms in total. The Bertz CT molecular complexity index is 802. The third kappa shape index (κ3) is 6.37. The highest BCUT2D eigenvalue weighted by Crippen LogP contribution is 2.10. The van der Waals surface area contributed by atoms with Crippen LogP contribution in [0.15, 0.2) is 54.6 Å². The van der Waals surface area contributed by atoms with E-state index in [1.807, 2.05) is 19.1 Å². The van der Waals surface area contributed by atoms with E-state index in [1.165, 1.54) is 6.08 Å². The minimum absolute atomic E-state index is 0.00813. The Kier molecular flexibility index (Phi) is 6.68. The van der Waals surface area contributed by atoms with Gasteiger partial charge in [-0.1, -0.05) is 41.4 Å². The van der Waals surface area contributed by atoms with Gasteiger partial charge in [0.05, 0.1) is 0 Å². The lowest BCUT2D eigenvalue weighted by Crippen LogP contribution is -2.48. The van der Waals surface area contributed by atoms with Gasteiger partial charge in [0.2, 0.25) is 5.91 Å². The zero-order valence-corrected chi connectivity index (χ0v) is 14.9. The second-order valence-corrected chi connectivity index (χ2v) is 5.99. The van der Waals surface area contributed by atoms with Crippen LogP contribution >= 0.6 is 23.8 Å². The van der Waals surface area contributed by atoms with Crippen LogP contribution in [0.25, 0.3) is 6.08 Å². The van der Waals surface area contributed by atoms with Crippen molar-refractivity contribution in [2.24, 2.45) is 0 Å². The molecule has 3 N–H and O–H groups in total. The lowest BCUT2D eigenvalue weighted by molar-refractivity contribution is -0.115. The highest BCUT2D eigenvalue weighted by molar-refractivity contribution is 7.80. The Labute approximate surface area is 156 Å². The van der Waals surface area contributed by atoms with Gasteiger partial charge in [0.15, 0.2) is 5.11 Å². The molecule has 0 aliphatic carbocycles. The Morgan fingerprint density at radius 1 is 1.00 bits per heavy atom. The topological polar surface area (TPSA) is 70.2 Å². The number of amides is 2. The first kappa shape index (κ1) is 18.6. The number of hydrazine groups is 1. The molecule has 128 valence electrons. The first-order chi connectivity index (χ1) is 11.9. The zero-order valence-electron chi connectivity index (χ0n) is 13.4. The van der Waals surface area contributed by atoms with Gasteiger partial charge in [0.25, 0.3) is 5.91 Å². The highest BCUT2D eigenvalue weighted by atomic mass is 35.5. The predicted octanol–water partition coefficient (Wildman–Crippen LogP) is 3.00. The molecule has 0 unspecified atom stereocenters. The van der Waals surface area contributed by atoms with Gasteiger partial charge >= 0.3 is 0 Å². The second-order valence-electron chi connectivity index (χ2n) is 5.15. The van der Waals surface area contributed by atoms with Gasteiger partial charge in [0, 0.05) is 16.7 Å². The fourth-order valence-corrected chi connectivity index (χ4v) is 2.10. The zero-order chi connectivity index (χ0) is 18.2. The Morgan fingerprint density at radius 2 is 1.64 bits per heavy atom. The van der Waals surface area contributed by atoms with Crippen LogP contribution in [0.4, 0.5) is 0 Å². The van der Waals surface area contributed by atoms with Crippen molar-refractivity contribution >= 4 is 46.8 Å². The summed E-state index contributed by atoms with van der Waals surface area (Å²) in [6.45, 7) is 1.93. The molecule has 2 amide bonds. The van der Waals surface area contributed by atoms with Crippen LogP contribution in [0, 0.1) is 6.92 Å². The number of rotatable bonds is 3. The molecule has 0 spiro atoms. The van der Waals surface area contributed by atoms with Crippen molar-refractivity contribution in [2.45, 2.75) is 6.92 Å². The maximum atomic E-state index is 11.9. The Morgan fingerprint density at radius 3 is 2.28 bits per heavy atom. The number of thiocarbonyl (C=S) groups is 1. The summed E-state index contributed by atoms with van der Waals surface area (Å²) in [5, 5.41) is 3.04. The molecule has 0 saturated heterocycles. The summed E-state index contributed by atoms with van der Waals surface area (Å²) in [6, 6.07) is 14.1. The summed E-state index contributed by atoms with van der Waals surface area (Å²) < 4.78 is 0. The summed E-state index contributed by atoms with van der Waals surface area (Å²) in [5.41, 5.74) is 7.26. The van der Waals surface area contributed by atoms with E-state index in [2.05, 4.69) is 16.2 Å². The van der Waals surface area contributed by atoms with E-state index in [-0.39, 0.29) is 11.0 Å². The number of hydrogen-bond acceptors (Lipinski definition) is 3. The lowest BCUT2D eigenvalue weighted by atomic mass is 10.1. The van der Waals surface area contributed by atoms with Crippen LogP contribution in [0.1, 0.15) is 21.5 Å². The normalized spacial score (nSPS) is 10.3. The molecule has 0 radical (unpaired) electrons. The minimum Gasteiger partial charge on any atom is -0.298 e. The number of hydrogen-bond donors (Lipinski definition) is 3. The monoisotopic (exact) mass is 373 g/mol. The molecule has 25 heavy (non-hydrogen) atoms. The fraction of sp³-hybridized carbons (Fsp3) is 0.0556. The maximum Gasteiger partial charge on any atom is 0.269 e. The molecule has 0 aliphatic heterocycles. The van der Waals surface area contributed by atoms with Crippen molar-refractivity contribution in [1.29, 1.82) is 0 Å². The van der Waals surface area contributed by atoms with Gasteiger partial charge in [-0.05, 0) is 55.0 Å². The fourth-order valence-electron chi connectivity index (χ4n) is 1.82. The maximum absolute atomic E-state index is 11.9. The molecule has 0 bridgehead atoms. The van der Waals surface area contributed by atoms with Crippen molar-refractivity contribution in [3.8, 4) is 0 Å². The molecule has 0 fully saturated rings. The number of carbonyl (C=O) groups is 2. The number of carbonyl (C=O) groups excluding carboxylic acids is 2. The largest absolute Gasteiger partial charge is 0.298 e. The molecule has 0 saturated carbocycles. The summed E-state index contributed by atoms with van der Waals surface area (Å²) in [6.07, 6.45) is 2.96. The SMILES string of the molecule is Cc1ccc(C(=O)NNC(=S)NC(=O)/C=C/c2ccc(Cl)cc2)cc1. The Hall–Kier alpha value is -2.70. The van der Waals surface area contributed by atoms with Gasteiger partial charge in [-0.2, -0.15) is 0 Å². The van der Waals surface area contributed by atoms with Gasteiger partial charge in [0.1, 0.15) is 0 Å². The Balaban J connectivity index is 1.79. The van der Waals surface area contributed by atoms with E-state index in [9.17, 15) is 9.59 Å². The van der Waals surface area contributed by atoms with E-state index in [4.69, 9.17) is 23.8 Å². The van der Waals surface area contributed by atoms with Gasteiger partial charge < -0.3 is 0 Å². The standard InChI is InChI=1S/C18H16ClN3O2S/c1-12-2-7-14(8-3-12)17(24)21-22-18(25)20-16(23)11-6-13-4-9-15(19)10-5-13/h2-11H,1H3,(H,21,24)(H2,20,22,23,25)/b11-6+. The van der Waals surface area contributed by atoms with E-state index in [1.54, 1.807) is 42.5 Å². The van der Waals surface area contributed by atoms with E-state index >= 15 is 0 Å². The molecular weight excluding hydrogens is 358 g/mol. The smallest absolute Gasteiger partial charge is 0.269 e. The summed E-state index contributed by atoms with van der Waals surface area (Å²) >= 11 is 10.8. The first-order valence-corrected chi connectivity index (χ1v) is 8.14. The molecule has 0 aliphatic rings. The molecule has 2 rings (SSSR count). The van der Waals surface area contributed by atoms with Gasteiger partial charge in [-0.15, -0.1) is 0 Å². The van der Waals surface area contributed by atoms with Crippen LogP contribution < -0.4 is 16.2 Å². The van der Waals surface area contributed by atoms with Crippen LogP contribution in [-0.2, 0) is 4.79 Å². The average molecular weight is 374 g/mol. The molecule has 0 heterocycles. The van der Waals surface area contributed by atoms with Crippen molar-refractivity contribution in [3.05, 3.63) is 76.3 Å². The molecule has 7 heteroatoms. The quantitative estimate of drug-likeness (QED) is 0.439.